The lowest BCUT2D eigenvalue weighted by Crippen LogP contribution is -2.42. The van der Waals surface area contributed by atoms with Crippen LogP contribution in [0.2, 0.25) is 5.02 Å². The Balaban J connectivity index is 2.03. The molecule has 100 valence electrons. The Morgan fingerprint density at radius 2 is 2.11 bits per heavy atom. The molecule has 1 aromatic rings. The molecule has 1 saturated carbocycles. The van der Waals surface area contributed by atoms with Crippen molar-refractivity contribution in [1.82, 2.24) is 4.90 Å². The number of hydrogen-bond acceptors (Lipinski definition) is 3. The van der Waals surface area contributed by atoms with Crippen LogP contribution in [0.4, 0.5) is 5.69 Å². The van der Waals surface area contributed by atoms with Gasteiger partial charge in [-0.3, -0.25) is 4.90 Å². The topological polar surface area (TPSA) is 49.5 Å². The molecule has 0 spiro atoms. The third kappa shape index (κ3) is 3.16. The zero-order valence-corrected chi connectivity index (χ0v) is 11.5. The van der Waals surface area contributed by atoms with Crippen LogP contribution >= 0.6 is 11.6 Å². The van der Waals surface area contributed by atoms with E-state index >= 15 is 0 Å². The van der Waals surface area contributed by atoms with Crippen molar-refractivity contribution in [2.75, 3.05) is 12.8 Å². The number of rotatable bonds is 3. The first-order valence-corrected chi connectivity index (χ1v) is 6.88. The smallest absolute Gasteiger partial charge is 0.0695 e. The summed E-state index contributed by atoms with van der Waals surface area (Å²) in [6, 6.07) is 5.85. The van der Waals surface area contributed by atoms with Crippen molar-refractivity contribution in [3.63, 3.8) is 0 Å². The van der Waals surface area contributed by atoms with Gasteiger partial charge < -0.3 is 10.8 Å². The molecule has 1 aliphatic carbocycles. The van der Waals surface area contributed by atoms with Gasteiger partial charge in [-0.25, -0.2) is 0 Å². The number of halogens is 1. The Morgan fingerprint density at radius 1 is 1.39 bits per heavy atom. The van der Waals surface area contributed by atoms with Gasteiger partial charge in [0.25, 0.3) is 0 Å². The highest BCUT2D eigenvalue weighted by Gasteiger charge is 2.26. The number of likely N-dealkylation sites (N-methyl/N-ethyl adjacent to an activating group) is 1. The van der Waals surface area contributed by atoms with Gasteiger partial charge in [0.15, 0.2) is 0 Å². The van der Waals surface area contributed by atoms with Crippen molar-refractivity contribution in [1.29, 1.82) is 0 Å². The van der Waals surface area contributed by atoms with Crippen molar-refractivity contribution in [2.24, 2.45) is 0 Å². The van der Waals surface area contributed by atoms with Crippen molar-refractivity contribution in [2.45, 2.75) is 44.4 Å². The Labute approximate surface area is 114 Å². The Bertz CT molecular complexity index is 411. The van der Waals surface area contributed by atoms with Crippen molar-refractivity contribution < 1.29 is 5.11 Å². The van der Waals surface area contributed by atoms with Gasteiger partial charge in [0, 0.05) is 23.3 Å². The molecule has 3 nitrogen and oxygen atoms in total. The van der Waals surface area contributed by atoms with Crippen molar-refractivity contribution in [3.05, 3.63) is 28.8 Å². The van der Waals surface area contributed by atoms with E-state index in [2.05, 4.69) is 4.90 Å². The number of hydrogen-bond donors (Lipinski definition) is 2. The maximum atomic E-state index is 10.0. The molecule has 0 heterocycles. The van der Waals surface area contributed by atoms with Gasteiger partial charge in [0.1, 0.15) is 0 Å². The molecule has 0 aliphatic heterocycles. The van der Waals surface area contributed by atoms with Gasteiger partial charge in [-0.2, -0.15) is 0 Å². The number of nitrogens with zero attached hydrogens (tertiary/aromatic N) is 1. The molecule has 4 heteroatoms. The van der Waals surface area contributed by atoms with Gasteiger partial charge >= 0.3 is 0 Å². The normalized spacial score (nSPS) is 24.4. The monoisotopic (exact) mass is 268 g/mol. The van der Waals surface area contributed by atoms with E-state index in [-0.39, 0.29) is 12.1 Å². The molecular formula is C14H21ClN2O. The molecule has 18 heavy (non-hydrogen) atoms. The molecule has 1 fully saturated rings. The highest BCUT2D eigenvalue weighted by atomic mass is 35.5. The lowest BCUT2D eigenvalue weighted by Gasteiger charge is -2.35. The molecule has 1 aromatic carbocycles. The third-order valence-electron chi connectivity index (χ3n) is 3.76. The number of aliphatic hydroxyl groups excluding tert-OH is 1. The van der Waals surface area contributed by atoms with E-state index < -0.39 is 0 Å². The second-order valence-corrected chi connectivity index (χ2v) is 5.59. The lowest BCUT2D eigenvalue weighted by molar-refractivity contribution is 0.0288. The number of nitrogens with two attached hydrogens (primary N) is 1. The summed E-state index contributed by atoms with van der Waals surface area (Å²) in [7, 11) is 2.05. The summed E-state index contributed by atoms with van der Waals surface area (Å²) in [6.07, 6.45) is 4.08. The predicted octanol–water partition coefficient (Wildman–Crippen LogP) is 2.66. The second-order valence-electron chi connectivity index (χ2n) is 5.19. The van der Waals surface area contributed by atoms with Gasteiger partial charge in [-0.05, 0) is 37.6 Å². The number of benzene rings is 1. The van der Waals surface area contributed by atoms with Crippen LogP contribution in [0.1, 0.15) is 31.2 Å². The molecule has 1 aliphatic rings. The van der Waals surface area contributed by atoms with Crippen molar-refractivity contribution >= 4 is 17.3 Å². The van der Waals surface area contributed by atoms with Crippen LogP contribution in [-0.2, 0) is 6.54 Å². The fraction of sp³-hybridized carbons (Fsp3) is 0.571. The van der Waals surface area contributed by atoms with Crippen molar-refractivity contribution in [3.8, 4) is 0 Å². The Kier molecular flexibility index (Phi) is 4.49. The Morgan fingerprint density at radius 3 is 2.78 bits per heavy atom. The fourth-order valence-electron chi connectivity index (χ4n) is 2.68. The van der Waals surface area contributed by atoms with Crippen LogP contribution in [0.5, 0.6) is 0 Å². The first kappa shape index (κ1) is 13.7. The van der Waals surface area contributed by atoms with Gasteiger partial charge in [-0.1, -0.05) is 30.5 Å². The quantitative estimate of drug-likeness (QED) is 0.829. The molecule has 2 unspecified atom stereocenters. The molecule has 2 rings (SSSR count). The van der Waals surface area contributed by atoms with Gasteiger partial charge in [0.2, 0.25) is 0 Å². The highest BCUT2D eigenvalue weighted by molar-refractivity contribution is 6.31. The second kappa shape index (κ2) is 5.91. The standard InChI is InChI=1S/C14H21ClN2O/c1-17(13-4-2-3-5-14(13)18)9-10-6-7-11(16)8-12(10)15/h6-8,13-14,18H,2-5,9,16H2,1H3. The summed E-state index contributed by atoms with van der Waals surface area (Å²) >= 11 is 6.18. The highest BCUT2D eigenvalue weighted by Crippen LogP contribution is 2.26. The molecule has 0 amide bonds. The zero-order valence-electron chi connectivity index (χ0n) is 10.8. The Hall–Kier alpha value is -0.770. The van der Waals surface area contributed by atoms with E-state index in [1.807, 2.05) is 19.2 Å². The van der Waals surface area contributed by atoms with Crippen LogP contribution in [0.15, 0.2) is 18.2 Å². The van der Waals surface area contributed by atoms with E-state index in [1.165, 1.54) is 6.42 Å². The molecule has 0 radical (unpaired) electrons. The predicted molar refractivity (Wildman–Crippen MR) is 75.6 cm³/mol. The van der Waals surface area contributed by atoms with Crippen LogP contribution in [0.25, 0.3) is 0 Å². The van der Waals surface area contributed by atoms with Gasteiger partial charge in [0.05, 0.1) is 6.10 Å². The maximum Gasteiger partial charge on any atom is 0.0695 e. The van der Waals surface area contributed by atoms with Gasteiger partial charge in [-0.15, -0.1) is 0 Å². The fourth-order valence-corrected chi connectivity index (χ4v) is 2.93. The molecule has 0 saturated heterocycles. The number of anilines is 1. The van der Waals surface area contributed by atoms with E-state index in [4.69, 9.17) is 17.3 Å². The minimum Gasteiger partial charge on any atom is -0.399 e. The summed E-state index contributed by atoms with van der Waals surface area (Å²) in [4.78, 5) is 2.20. The van der Waals surface area contributed by atoms with E-state index in [0.717, 1.165) is 31.4 Å². The average Bonchev–Trinajstić information content (AvgIpc) is 2.33. The van der Waals surface area contributed by atoms with E-state index in [0.29, 0.717) is 10.7 Å². The summed E-state index contributed by atoms with van der Waals surface area (Å²) < 4.78 is 0. The first-order valence-electron chi connectivity index (χ1n) is 6.50. The molecular weight excluding hydrogens is 248 g/mol. The molecule has 0 bridgehead atoms. The summed E-state index contributed by atoms with van der Waals surface area (Å²) in [5, 5.41) is 10.7. The molecule has 3 N–H and O–H groups in total. The SMILES string of the molecule is CN(Cc1ccc(N)cc1Cl)C1CCCCC1O. The number of nitrogen functional groups attached to an aromatic ring is 1. The summed E-state index contributed by atoms with van der Waals surface area (Å²) in [5.74, 6) is 0. The minimum atomic E-state index is -0.212. The average molecular weight is 269 g/mol. The van der Waals surface area contributed by atoms with E-state index in [9.17, 15) is 5.11 Å². The van der Waals surface area contributed by atoms with Crippen LogP contribution in [0.3, 0.4) is 0 Å². The summed E-state index contributed by atoms with van der Waals surface area (Å²) in [5.41, 5.74) is 7.43. The first-order chi connectivity index (χ1) is 8.58. The molecule has 2 atom stereocenters. The minimum absolute atomic E-state index is 0.212. The molecule has 0 aromatic heterocycles. The summed E-state index contributed by atoms with van der Waals surface area (Å²) in [6.45, 7) is 0.751. The maximum absolute atomic E-state index is 10.0. The van der Waals surface area contributed by atoms with Crippen LogP contribution in [0, 0.1) is 0 Å². The third-order valence-corrected chi connectivity index (χ3v) is 4.11. The zero-order chi connectivity index (χ0) is 13.1. The number of aliphatic hydroxyl groups is 1. The van der Waals surface area contributed by atoms with E-state index in [1.54, 1.807) is 6.07 Å². The van der Waals surface area contributed by atoms with Crippen LogP contribution < -0.4 is 5.73 Å². The lowest BCUT2D eigenvalue weighted by atomic mass is 9.91. The largest absolute Gasteiger partial charge is 0.399 e. The van der Waals surface area contributed by atoms with Crippen LogP contribution in [-0.4, -0.2) is 29.2 Å².